The summed E-state index contributed by atoms with van der Waals surface area (Å²) in [5.41, 5.74) is 3.97. The molecule has 0 aliphatic carbocycles. The van der Waals surface area contributed by atoms with Crippen molar-refractivity contribution in [3.05, 3.63) is 76.8 Å². The number of hydrogen-bond donors (Lipinski definition) is 3. The van der Waals surface area contributed by atoms with E-state index in [1.807, 2.05) is 54.8 Å². The van der Waals surface area contributed by atoms with Crippen LogP contribution in [-0.4, -0.2) is 21.8 Å². The highest BCUT2D eigenvalue weighted by Gasteiger charge is 2.19. The zero-order chi connectivity index (χ0) is 22.8. The highest BCUT2D eigenvalue weighted by molar-refractivity contribution is 7.80. The van der Waals surface area contributed by atoms with Gasteiger partial charge in [-0.15, -0.1) is 11.3 Å². The molecule has 7 nitrogen and oxygen atoms in total. The fraction of sp³-hybridized carbons (Fsp3) is 0.304. The molecule has 9 heteroatoms. The van der Waals surface area contributed by atoms with Gasteiger partial charge < -0.3 is 10.1 Å². The number of unbranched alkanes of at least 4 members (excludes halogenated alkanes) is 1. The summed E-state index contributed by atoms with van der Waals surface area (Å²) in [6, 6.07) is 17.5. The number of thiazole rings is 1. The van der Waals surface area contributed by atoms with Gasteiger partial charge in [-0.2, -0.15) is 0 Å². The maximum absolute atomic E-state index is 12.5. The molecule has 170 valence electrons. The van der Waals surface area contributed by atoms with Crippen LogP contribution in [0.5, 0.6) is 0 Å². The first-order valence-electron chi connectivity index (χ1n) is 10.4. The quantitative estimate of drug-likeness (QED) is 0.360. The van der Waals surface area contributed by atoms with Gasteiger partial charge in [0.05, 0.1) is 11.7 Å². The third-order valence-electron chi connectivity index (χ3n) is 4.85. The van der Waals surface area contributed by atoms with Gasteiger partial charge in [0.2, 0.25) is 0 Å². The number of benzene rings is 2. The highest BCUT2D eigenvalue weighted by Crippen LogP contribution is 2.28. The molecule has 0 fully saturated rings. The van der Waals surface area contributed by atoms with Crippen molar-refractivity contribution in [2.24, 2.45) is 5.14 Å². The number of ether oxygens (including phenoxy) is 1. The Bertz CT molecular complexity index is 1010. The summed E-state index contributed by atoms with van der Waals surface area (Å²) in [6.45, 7) is 2.80. The minimum absolute atomic E-state index is 0.206. The number of alkyl carbamates (subject to hydrolysis) is 1. The summed E-state index contributed by atoms with van der Waals surface area (Å²) in [7, 11) is 0. The number of carbonyl (C=O) groups is 1. The van der Waals surface area contributed by atoms with Crippen LogP contribution in [0.15, 0.2) is 60.0 Å². The van der Waals surface area contributed by atoms with Crippen molar-refractivity contribution >= 4 is 28.6 Å². The monoisotopic (exact) mass is 472 g/mol. The number of rotatable bonds is 11. The molecule has 0 radical (unpaired) electrons. The largest absolute Gasteiger partial charge is 0.445 e. The van der Waals surface area contributed by atoms with Gasteiger partial charge in [-0.3, -0.25) is 0 Å². The number of nitrogens with zero attached hydrogens (tertiary/aromatic N) is 1. The normalized spacial score (nSPS) is 12.8. The van der Waals surface area contributed by atoms with Crippen LogP contribution in [0.4, 0.5) is 4.79 Å². The summed E-state index contributed by atoms with van der Waals surface area (Å²) in [4.78, 5) is 17.2. The molecular weight excluding hydrogens is 444 g/mol. The number of aromatic nitrogens is 1. The lowest BCUT2D eigenvalue weighted by Gasteiger charge is -2.17. The van der Waals surface area contributed by atoms with E-state index in [0.29, 0.717) is 13.0 Å². The van der Waals surface area contributed by atoms with Crippen LogP contribution in [0.2, 0.25) is 0 Å². The number of aryl methyl sites for hydroxylation is 1. The minimum atomic E-state index is -1.52. The van der Waals surface area contributed by atoms with Crippen molar-refractivity contribution in [3.8, 4) is 10.6 Å². The Morgan fingerprint density at radius 1 is 1.16 bits per heavy atom. The summed E-state index contributed by atoms with van der Waals surface area (Å²) >= 11 is 0.0336. The molecule has 3 aromatic rings. The zero-order valence-electron chi connectivity index (χ0n) is 18.0. The van der Waals surface area contributed by atoms with Gasteiger partial charge in [0, 0.05) is 17.5 Å². The second kappa shape index (κ2) is 12.4. The molecule has 0 saturated carbocycles. The van der Waals surface area contributed by atoms with Gasteiger partial charge in [-0.05, 0) is 31.7 Å². The SMILES string of the molecule is Cc1ccc(-c2nc(C(CCCCNS(N)=O)NC(=O)OCc3ccccc3)cs2)cc1. The molecule has 1 heterocycles. The topological polar surface area (TPSA) is 106 Å². The molecule has 0 aliphatic heterocycles. The van der Waals surface area contributed by atoms with Gasteiger partial charge in [0.25, 0.3) is 0 Å². The van der Waals surface area contributed by atoms with Crippen molar-refractivity contribution < 1.29 is 13.7 Å². The standard InChI is InChI=1S/C23H28N4O3S2/c1-17-10-12-19(13-11-17)22-26-21(16-31-22)20(9-5-6-14-25-32(24)29)27-23(28)30-15-18-7-3-2-4-8-18/h2-4,7-8,10-13,16,20,25H,5-6,9,14-15,24H2,1H3,(H,27,28). The van der Waals surface area contributed by atoms with E-state index in [0.717, 1.165) is 34.7 Å². The van der Waals surface area contributed by atoms with Crippen molar-refractivity contribution in [2.75, 3.05) is 6.54 Å². The molecule has 32 heavy (non-hydrogen) atoms. The van der Waals surface area contributed by atoms with Gasteiger partial charge in [-0.1, -0.05) is 60.2 Å². The van der Waals surface area contributed by atoms with Crippen molar-refractivity contribution in [2.45, 2.75) is 38.8 Å². The summed E-state index contributed by atoms with van der Waals surface area (Å²) < 4.78 is 19.0. The second-order valence-electron chi connectivity index (χ2n) is 7.39. The Morgan fingerprint density at radius 2 is 1.91 bits per heavy atom. The van der Waals surface area contributed by atoms with Gasteiger partial charge >= 0.3 is 6.09 Å². The Hall–Kier alpha value is -2.59. The predicted octanol–water partition coefficient (Wildman–Crippen LogP) is 4.38. The third-order valence-corrected chi connectivity index (χ3v) is 6.24. The van der Waals surface area contributed by atoms with E-state index < -0.39 is 17.3 Å². The Morgan fingerprint density at radius 3 is 2.62 bits per heavy atom. The van der Waals surface area contributed by atoms with Crippen LogP contribution in [0.3, 0.4) is 0 Å². The molecule has 0 bridgehead atoms. The van der Waals surface area contributed by atoms with Crippen molar-refractivity contribution in [3.63, 3.8) is 0 Å². The third kappa shape index (κ3) is 7.83. The molecular formula is C23H28N4O3S2. The lowest BCUT2D eigenvalue weighted by atomic mass is 10.1. The van der Waals surface area contributed by atoms with Crippen LogP contribution in [0, 0.1) is 6.92 Å². The van der Waals surface area contributed by atoms with Crippen LogP contribution in [-0.2, 0) is 22.5 Å². The Labute approximate surface area is 195 Å². The van der Waals surface area contributed by atoms with Gasteiger partial charge in [0.1, 0.15) is 11.6 Å². The van der Waals surface area contributed by atoms with Crippen LogP contribution in [0.1, 0.15) is 42.1 Å². The van der Waals surface area contributed by atoms with Gasteiger partial charge in [-0.25, -0.2) is 23.8 Å². The molecule has 0 saturated heterocycles. The van der Waals surface area contributed by atoms with Gasteiger partial charge in [0.15, 0.2) is 11.2 Å². The maximum Gasteiger partial charge on any atom is 0.408 e. The zero-order valence-corrected chi connectivity index (χ0v) is 19.6. The summed E-state index contributed by atoms with van der Waals surface area (Å²) in [5, 5.41) is 11.1. The fourth-order valence-electron chi connectivity index (χ4n) is 3.12. The first-order valence-corrected chi connectivity index (χ1v) is 12.5. The van der Waals surface area contributed by atoms with E-state index in [1.165, 1.54) is 5.56 Å². The van der Waals surface area contributed by atoms with E-state index in [1.54, 1.807) is 11.3 Å². The highest BCUT2D eigenvalue weighted by atomic mass is 32.2. The first kappa shape index (κ1) is 24.1. The number of nitrogens with two attached hydrogens (primary N) is 1. The van der Waals surface area contributed by atoms with E-state index in [-0.39, 0.29) is 12.6 Å². The molecule has 0 aliphatic rings. The maximum atomic E-state index is 12.5. The fourth-order valence-corrected chi connectivity index (χ4v) is 4.35. The van der Waals surface area contributed by atoms with E-state index in [2.05, 4.69) is 22.2 Å². The average molecular weight is 473 g/mol. The summed E-state index contributed by atoms with van der Waals surface area (Å²) in [5.74, 6) is 0. The Balaban J connectivity index is 1.63. The molecule has 3 rings (SSSR count). The molecule has 2 atom stereocenters. The van der Waals surface area contributed by atoms with E-state index in [4.69, 9.17) is 14.9 Å². The van der Waals surface area contributed by atoms with E-state index in [9.17, 15) is 9.00 Å². The number of amides is 1. The number of hydrogen-bond acceptors (Lipinski definition) is 5. The van der Waals surface area contributed by atoms with E-state index >= 15 is 0 Å². The smallest absolute Gasteiger partial charge is 0.408 e. The Kier molecular flexibility index (Phi) is 9.36. The van der Waals surface area contributed by atoms with Crippen LogP contribution < -0.4 is 15.2 Å². The predicted molar refractivity (Wildman–Crippen MR) is 129 cm³/mol. The lowest BCUT2D eigenvalue weighted by molar-refractivity contribution is 0.134. The first-order chi connectivity index (χ1) is 15.5. The molecule has 1 aromatic heterocycles. The molecule has 4 N–H and O–H groups in total. The number of carbonyl (C=O) groups excluding carboxylic acids is 1. The lowest BCUT2D eigenvalue weighted by Crippen LogP contribution is -2.29. The van der Waals surface area contributed by atoms with Crippen LogP contribution in [0.25, 0.3) is 10.6 Å². The second-order valence-corrected chi connectivity index (χ2v) is 9.13. The molecule has 0 spiro atoms. The van der Waals surface area contributed by atoms with Crippen LogP contribution >= 0.6 is 11.3 Å². The molecule has 2 unspecified atom stereocenters. The minimum Gasteiger partial charge on any atom is -0.445 e. The van der Waals surface area contributed by atoms with Crippen molar-refractivity contribution in [1.29, 1.82) is 0 Å². The van der Waals surface area contributed by atoms with Crippen molar-refractivity contribution in [1.82, 2.24) is 15.0 Å². The molecule has 1 amide bonds. The number of nitrogens with one attached hydrogen (secondary N) is 2. The summed E-state index contributed by atoms with van der Waals surface area (Å²) in [6.07, 6.45) is 1.77. The average Bonchev–Trinajstić information content (AvgIpc) is 3.28. The molecule has 2 aromatic carbocycles.